The average molecular weight is 340 g/mol. The molecule has 3 heterocycles. The first-order chi connectivity index (χ1) is 12.2. The van der Waals surface area contributed by atoms with Gasteiger partial charge >= 0.3 is 5.69 Å². The standard InChI is InChI=1S/C16H16N6O3/c23-22(24)14-15(17-8-11-4-3-7-25-11)18-9-19-16(14)21-10-20-12-5-1-2-6-13(12)21/h1-2,5-6,9-11H,3-4,7-8H2,(H,17,18,19). The quantitative estimate of drug-likeness (QED) is 0.561. The Balaban J connectivity index is 1.74. The molecule has 1 aromatic carbocycles. The Kier molecular flexibility index (Phi) is 3.98. The van der Waals surface area contributed by atoms with E-state index in [1.807, 2.05) is 24.3 Å². The number of imidazole rings is 1. The number of aromatic nitrogens is 4. The Labute approximate surface area is 142 Å². The van der Waals surface area contributed by atoms with Crippen LogP contribution < -0.4 is 5.32 Å². The monoisotopic (exact) mass is 340 g/mol. The van der Waals surface area contributed by atoms with E-state index in [2.05, 4.69) is 20.3 Å². The molecule has 2 aromatic heterocycles. The van der Waals surface area contributed by atoms with Crippen LogP contribution in [-0.4, -0.2) is 43.7 Å². The molecule has 0 bridgehead atoms. The van der Waals surface area contributed by atoms with Crippen molar-refractivity contribution in [2.45, 2.75) is 18.9 Å². The Hall–Kier alpha value is -3.07. The van der Waals surface area contributed by atoms with Crippen molar-refractivity contribution < 1.29 is 9.66 Å². The molecule has 1 saturated heterocycles. The van der Waals surface area contributed by atoms with Crippen LogP contribution in [0.3, 0.4) is 0 Å². The third-order valence-electron chi connectivity index (χ3n) is 4.19. The number of nitrogens with zero attached hydrogens (tertiary/aromatic N) is 5. The topological polar surface area (TPSA) is 108 Å². The summed E-state index contributed by atoms with van der Waals surface area (Å²) >= 11 is 0. The largest absolute Gasteiger partial charge is 0.376 e. The SMILES string of the molecule is O=[N+]([O-])c1c(NCC2CCCO2)ncnc1-n1cnc2ccccc21. The maximum Gasteiger partial charge on any atom is 0.354 e. The molecule has 0 amide bonds. The maximum absolute atomic E-state index is 11.7. The second-order valence-corrected chi connectivity index (χ2v) is 5.77. The molecule has 3 aromatic rings. The molecule has 1 aliphatic rings. The molecule has 1 fully saturated rings. The predicted octanol–water partition coefficient (Wildman–Crippen LogP) is 2.31. The number of hydrogen-bond acceptors (Lipinski definition) is 7. The number of ether oxygens (including phenoxy) is 1. The van der Waals surface area contributed by atoms with E-state index in [1.165, 1.54) is 12.7 Å². The molecule has 25 heavy (non-hydrogen) atoms. The summed E-state index contributed by atoms with van der Waals surface area (Å²) < 4.78 is 7.15. The molecule has 9 nitrogen and oxygen atoms in total. The number of para-hydroxylation sites is 2. The van der Waals surface area contributed by atoms with Crippen LogP contribution in [0.2, 0.25) is 0 Å². The number of rotatable bonds is 5. The Morgan fingerprint density at radius 1 is 1.32 bits per heavy atom. The van der Waals surface area contributed by atoms with E-state index in [0.29, 0.717) is 6.54 Å². The van der Waals surface area contributed by atoms with Crippen LogP contribution in [0.15, 0.2) is 36.9 Å². The third kappa shape index (κ3) is 2.89. The van der Waals surface area contributed by atoms with E-state index < -0.39 is 4.92 Å². The molecule has 0 aliphatic carbocycles. The highest BCUT2D eigenvalue weighted by Crippen LogP contribution is 2.30. The van der Waals surface area contributed by atoms with Crippen LogP contribution in [0.5, 0.6) is 0 Å². The molecule has 1 N–H and O–H groups in total. The van der Waals surface area contributed by atoms with E-state index in [-0.39, 0.29) is 23.4 Å². The first kappa shape index (κ1) is 15.5. The fourth-order valence-corrected chi connectivity index (χ4v) is 2.99. The van der Waals surface area contributed by atoms with Crippen molar-refractivity contribution in [1.82, 2.24) is 19.5 Å². The van der Waals surface area contributed by atoms with Gasteiger partial charge in [0, 0.05) is 13.2 Å². The van der Waals surface area contributed by atoms with Gasteiger partial charge in [-0.05, 0) is 25.0 Å². The Bertz CT molecular complexity index is 919. The Morgan fingerprint density at radius 3 is 3.00 bits per heavy atom. The minimum atomic E-state index is -0.470. The van der Waals surface area contributed by atoms with Gasteiger partial charge in [-0.1, -0.05) is 12.1 Å². The van der Waals surface area contributed by atoms with Crippen LogP contribution in [0.25, 0.3) is 16.9 Å². The molecule has 4 rings (SSSR count). The lowest BCUT2D eigenvalue weighted by molar-refractivity contribution is -0.384. The van der Waals surface area contributed by atoms with Crippen LogP contribution in [0.4, 0.5) is 11.5 Å². The van der Waals surface area contributed by atoms with Gasteiger partial charge in [-0.15, -0.1) is 0 Å². The van der Waals surface area contributed by atoms with Crippen LogP contribution >= 0.6 is 0 Å². The Morgan fingerprint density at radius 2 is 2.20 bits per heavy atom. The van der Waals surface area contributed by atoms with Gasteiger partial charge in [0.2, 0.25) is 11.6 Å². The van der Waals surface area contributed by atoms with E-state index in [9.17, 15) is 10.1 Å². The van der Waals surface area contributed by atoms with Gasteiger partial charge in [-0.25, -0.2) is 15.0 Å². The van der Waals surface area contributed by atoms with Crippen LogP contribution in [0.1, 0.15) is 12.8 Å². The summed E-state index contributed by atoms with van der Waals surface area (Å²) in [4.78, 5) is 23.7. The number of nitrogens with one attached hydrogen (secondary N) is 1. The lowest BCUT2D eigenvalue weighted by Gasteiger charge is -2.12. The second-order valence-electron chi connectivity index (χ2n) is 5.77. The molecule has 1 aliphatic heterocycles. The smallest absolute Gasteiger partial charge is 0.354 e. The first-order valence-corrected chi connectivity index (χ1v) is 8.01. The highest BCUT2D eigenvalue weighted by Gasteiger charge is 2.26. The van der Waals surface area contributed by atoms with Crippen LogP contribution in [0, 0.1) is 10.1 Å². The summed E-state index contributed by atoms with van der Waals surface area (Å²) in [5.74, 6) is 0.367. The van der Waals surface area contributed by atoms with Crippen molar-refractivity contribution in [3.05, 3.63) is 47.0 Å². The lowest BCUT2D eigenvalue weighted by Crippen LogP contribution is -2.20. The minimum Gasteiger partial charge on any atom is -0.376 e. The van der Waals surface area contributed by atoms with Crippen molar-refractivity contribution in [3.63, 3.8) is 0 Å². The predicted molar refractivity (Wildman–Crippen MR) is 90.8 cm³/mol. The molecule has 128 valence electrons. The van der Waals surface area contributed by atoms with Crippen molar-refractivity contribution in [2.24, 2.45) is 0 Å². The highest BCUT2D eigenvalue weighted by molar-refractivity contribution is 5.78. The first-order valence-electron chi connectivity index (χ1n) is 8.01. The normalized spacial score (nSPS) is 17.0. The van der Waals surface area contributed by atoms with Crippen molar-refractivity contribution in [1.29, 1.82) is 0 Å². The van der Waals surface area contributed by atoms with Crippen molar-refractivity contribution in [2.75, 3.05) is 18.5 Å². The van der Waals surface area contributed by atoms with Gasteiger partial charge in [0.05, 0.1) is 22.1 Å². The summed E-state index contributed by atoms with van der Waals surface area (Å²) in [5.41, 5.74) is 1.31. The molecular formula is C16H16N6O3. The third-order valence-corrected chi connectivity index (χ3v) is 4.19. The summed E-state index contributed by atoms with van der Waals surface area (Å²) in [6.45, 7) is 1.20. The van der Waals surface area contributed by atoms with Crippen molar-refractivity contribution >= 4 is 22.5 Å². The maximum atomic E-state index is 11.7. The number of hydrogen-bond donors (Lipinski definition) is 1. The molecule has 0 spiro atoms. The summed E-state index contributed by atoms with van der Waals surface area (Å²) in [5, 5.41) is 14.7. The molecule has 9 heteroatoms. The summed E-state index contributed by atoms with van der Waals surface area (Å²) in [6.07, 6.45) is 4.83. The summed E-state index contributed by atoms with van der Waals surface area (Å²) in [7, 11) is 0. The van der Waals surface area contributed by atoms with Gasteiger partial charge in [0.25, 0.3) is 0 Å². The number of nitro groups is 1. The zero-order chi connectivity index (χ0) is 17.2. The van der Waals surface area contributed by atoms with Gasteiger partial charge in [-0.3, -0.25) is 14.7 Å². The zero-order valence-electron chi connectivity index (χ0n) is 13.3. The number of anilines is 1. The van der Waals surface area contributed by atoms with Gasteiger partial charge in [0.15, 0.2) is 0 Å². The molecule has 1 atom stereocenters. The molecule has 0 radical (unpaired) electrons. The fourth-order valence-electron chi connectivity index (χ4n) is 2.99. The molecule has 1 unspecified atom stereocenters. The van der Waals surface area contributed by atoms with E-state index in [0.717, 1.165) is 30.5 Å². The average Bonchev–Trinajstić information content (AvgIpc) is 3.29. The second kappa shape index (κ2) is 6.44. The molecule has 0 saturated carbocycles. The lowest BCUT2D eigenvalue weighted by atomic mass is 10.2. The van der Waals surface area contributed by atoms with Crippen molar-refractivity contribution in [3.8, 4) is 5.82 Å². The zero-order valence-corrected chi connectivity index (χ0v) is 13.3. The molecular weight excluding hydrogens is 324 g/mol. The number of fused-ring (bicyclic) bond motifs is 1. The van der Waals surface area contributed by atoms with Gasteiger partial charge in [-0.2, -0.15) is 0 Å². The van der Waals surface area contributed by atoms with E-state index >= 15 is 0 Å². The number of benzene rings is 1. The fraction of sp³-hybridized carbons (Fsp3) is 0.312. The van der Waals surface area contributed by atoms with Crippen LogP contribution in [-0.2, 0) is 4.74 Å². The van der Waals surface area contributed by atoms with Gasteiger partial charge in [0.1, 0.15) is 12.7 Å². The highest BCUT2D eigenvalue weighted by atomic mass is 16.6. The van der Waals surface area contributed by atoms with E-state index in [1.54, 1.807) is 4.57 Å². The summed E-state index contributed by atoms with van der Waals surface area (Å²) in [6, 6.07) is 7.40. The minimum absolute atomic E-state index is 0.0482. The van der Waals surface area contributed by atoms with Gasteiger partial charge < -0.3 is 10.1 Å². The van der Waals surface area contributed by atoms with E-state index in [4.69, 9.17) is 4.74 Å².